The molecule has 28 heavy (non-hydrogen) atoms. The number of aryl methyl sites for hydroxylation is 3. The molecule has 1 amide bonds. The van der Waals surface area contributed by atoms with Crippen molar-refractivity contribution in [2.24, 2.45) is 0 Å². The van der Waals surface area contributed by atoms with E-state index in [1.54, 1.807) is 13.8 Å². The van der Waals surface area contributed by atoms with Gasteiger partial charge < -0.3 is 5.32 Å². The van der Waals surface area contributed by atoms with Crippen LogP contribution in [0.5, 0.6) is 0 Å². The molecular weight excluding hydrogens is 372 g/mol. The monoisotopic (exact) mass is 402 g/mol. The van der Waals surface area contributed by atoms with Gasteiger partial charge in [-0.15, -0.1) is 0 Å². The zero-order valence-electron chi connectivity index (χ0n) is 17.1. The van der Waals surface area contributed by atoms with Gasteiger partial charge in [0.15, 0.2) is 0 Å². The summed E-state index contributed by atoms with van der Waals surface area (Å²) < 4.78 is 28.9. The van der Waals surface area contributed by atoms with Gasteiger partial charge in [0.1, 0.15) is 6.04 Å². The molecule has 0 aromatic heterocycles. The van der Waals surface area contributed by atoms with Gasteiger partial charge in [-0.1, -0.05) is 61.4 Å². The minimum atomic E-state index is -3.84. The van der Waals surface area contributed by atoms with E-state index >= 15 is 0 Å². The number of benzene rings is 2. The van der Waals surface area contributed by atoms with E-state index in [0.717, 1.165) is 24.0 Å². The molecule has 0 aliphatic rings. The van der Waals surface area contributed by atoms with Crippen LogP contribution in [0.3, 0.4) is 0 Å². The fraction of sp³-hybridized carbons (Fsp3) is 0.409. The van der Waals surface area contributed by atoms with Crippen molar-refractivity contribution < 1.29 is 13.2 Å². The fourth-order valence-corrected chi connectivity index (χ4v) is 5.03. The summed E-state index contributed by atoms with van der Waals surface area (Å²) in [5.41, 5.74) is 3.26. The lowest BCUT2D eigenvalue weighted by atomic mass is 10.1. The molecule has 0 saturated heterocycles. The van der Waals surface area contributed by atoms with Crippen molar-refractivity contribution in [3.8, 4) is 0 Å². The highest BCUT2D eigenvalue weighted by molar-refractivity contribution is 7.89. The lowest BCUT2D eigenvalue weighted by Crippen LogP contribution is -2.48. The minimum absolute atomic E-state index is 0.248. The normalized spacial score (nSPS) is 12.6. The summed E-state index contributed by atoms with van der Waals surface area (Å²) in [4.78, 5) is 13.0. The number of carbonyl (C=O) groups is 1. The third kappa shape index (κ3) is 5.91. The predicted molar refractivity (Wildman–Crippen MR) is 113 cm³/mol. The van der Waals surface area contributed by atoms with Gasteiger partial charge in [-0.25, -0.2) is 8.42 Å². The summed E-state index contributed by atoms with van der Waals surface area (Å²) in [5, 5.41) is 2.85. The lowest BCUT2D eigenvalue weighted by molar-refractivity contribution is -0.122. The summed E-state index contributed by atoms with van der Waals surface area (Å²) in [7, 11) is -3.84. The number of amides is 1. The van der Waals surface area contributed by atoms with Crippen LogP contribution in [0.4, 0.5) is 0 Å². The van der Waals surface area contributed by atoms with Crippen molar-refractivity contribution in [1.82, 2.24) is 10.0 Å². The van der Waals surface area contributed by atoms with E-state index in [4.69, 9.17) is 0 Å². The number of nitrogens with one attached hydrogen (secondary N) is 2. The van der Waals surface area contributed by atoms with Gasteiger partial charge in [0.2, 0.25) is 15.9 Å². The van der Waals surface area contributed by atoms with E-state index in [9.17, 15) is 13.2 Å². The van der Waals surface area contributed by atoms with Crippen LogP contribution >= 0.6 is 0 Å². The van der Waals surface area contributed by atoms with E-state index < -0.39 is 16.1 Å². The van der Waals surface area contributed by atoms with E-state index in [1.807, 2.05) is 56.3 Å². The van der Waals surface area contributed by atoms with Crippen molar-refractivity contribution >= 4 is 15.9 Å². The summed E-state index contributed by atoms with van der Waals surface area (Å²) in [5.74, 6) is -0.303. The molecule has 2 aromatic carbocycles. The summed E-state index contributed by atoms with van der Waals surface area (Å²) in [6.45, 7) is 8.07. The first kappa shape index (κ1) is 22.1. The summed E-state index contributed by atoms with van der Waals surface area (Å²) in [6, 6.07) is 12.2. The molecule has 0 heterocycles. The van der Waals surface area contributed by atoms with Crippen LogP contribution in [-0.4, -0.2) is 26.9 Å². The maximum atomic E-state index is 13.1. The molecule has 5 nitrogen and oxygen atoms in total. The van der Waals surface area contributed by atoms with Crippen LogP contribution in [-0.2, 0) is 21.2 Å². The number of hydrogen-bond donors (Lipinski definition) is 2. The Bertz CT molecular complexity index is 886. The van der Waals surface area contributed by atoms with Gasteiger partial charge >= 0.3 is 0 Å². The van der Waals surface area contributed by atoms with Crippen LogP contribution in [0.25, 0.3) is 0 Å². The molecule has 2 aromatic rings. The quantitative estimate of drug-likeness (QED) is 0.631. The van der Waals surface area contributed by atoms with Crippen LogP contribution in [0, 0.1) is 20.8 Å². The first-order chi connectivity index (χ1) is 13.2. The minimum Gasteiger partial charge on any atom is -0.355 e. The molecule has 0 saturated carbocycles. The second-order valence-electron chi connectivity index (χ2n) is 7.24. The van der Waals surface area contributed by atoms with Crippen molar-refractivity contribution in [3.63, 3.8) is 0 Å². The first-order valence-electron chi connectivity index (χ1n) is 9.66. The molecule has 152 valence electrons. The van der Waals surface area contributed by atoms with Crippen LogP contribution < -0.4 is 10.0 Å². The van der Waals surface area contributed by atoms with Gasteiger partial charge in [0.25, 0.3) is 0 Å². The number of carbonyl (C=O) groups excluding carboxylic acids is 1. The number of sulfonamides is 1. The van der Waals surface area contributed by atoms with Crippen molar-refractivity contribution in [3.05, 3.63) is 64.7 Å². The van der Waals surface area contributed by atoms with E-state index in [2.05, 4.69) is 10.0 Å². The molecule has 0 aliphatic heterocycles. The van der Waals surface area contributed by atoms with Gasteiger partial charge in [-0.05, 0) is 50.3 Å². The molecule has 2 rings (SSSR count). The maximum Gasteiger partial charge on any atom is 0.241 e. The highest BCUT2D eigenvalue weighted by Gasteiger charge is 2.28. The third-order valence-electron chi connectivity index (χ3n) is 4.60. The van der Waals surface area contributed by atoms with Gasteiger partial charge in [0, 0.05) is 6.54 Å². The molecule has 0 aliphatic carbocycles. The van der Waals surface area contributed by atoms with Crippen LogP contribution in [0.2, 0.25) is 0 Å². The second-order valence-corrected chi connectivity index (χ2v) is 8.89. The van der Waals surface area contributed by atoms with Crippen LogP contribution in [0.1, 0.15) is 42.0 Å². The number of hydrogen-bond acceptors (Lipinski definition) is 3. The average molecular weight is 403 g/mol. The zero-order chi connectivity index (χ0) is 20.7. The number of rotatable bonds is 9. The fourth-order valence-electron chi connectivity index (χ4n) is 3.39. The molecular formula is C22H30N2O3S. The van der Waals surface area contributed by atoms with Crippen molar-refractivity contribution in [2.75, 3.05) is 6.54 Å². The summed E-state index contributed by atoms with van der Waals surface area (Å²) >= 11 is 0. The van der Waals surface area contributed by atoms with Crippen LogP contribution in [0.15, 0.2) is 47.4 Å². The summed E-state index contributed by atoms with van der Waals surface area (Å²) in [6.07, 6.45) is 2.10. The van der Waals surface area contributed by atoms with Crippen molar-refractivity contribution in [1.29, 1.82) is 0 Å². The molecule has 2 N–H and O–H groups in total. The topological polar surface area (TPSA) is 75.3 Å². The molecule has 0 radical (unpaired) electrons. The Morgan fingerprint density at radius 3 is 2.21 bits per heavy atom. The molecule has 1 atom stereocenters. The highest BCUT2D eigenvalue weighted by atomic mass is 32.2. The van der Waals surface area contributed by atoms with Gasteiger partial charge in [-0.3, -0.25) is 4.79 Å². The molecule has 6 heteroatoms. The van der Waals surface area contributed by atoms with E-state index in [1.165, 1.54) is 0 Å². The highest BCUT2D eigenvalue weighted by Crippen LogP contribution is 2.22. The van der Waals surface area contributed by atoms with E-state index in [0.29, 0.717) is 24.1 Å². The SMILES string of the molecule is CCCCNC(=O)[C@@H](Cc1ccccc1)NS(=O)(=O)c1c(C)cc(C)cc1C. The van der Waals surface area contributed by atoms with Crippen molar-refractivity contribution in [2.45, 2.75) is 57.9 Å². The third-order valence-corrected chi connectivity index (χ3v) is 6.38. The molecule has 0 unspecified atom stereocenters. The smallest absolute Gasteiger partial charge is 0.241 e. The predicted octanol–water partition coefficient (Wildman–Crippen LogP) is 3.42. The lowest BCUT2D eigenvalue weighted by Gasteiger charge is -2.20. The first-order valence-corrected chi connectivity index (χ1v) is 11.1. The maximum absolute atomic E-state index is 13.1. The Hall–Kier alpha value is -2.18. The second kappa shape index (κ2) is 9.85. The van der Waals surface area contributed by atoms with E-state index in [-0.39, 0.29) is 10.8 Å². The molecule has 0 spiro atoms. The Labute approximate surface area is 168 Å². The largest absolute Gasteiger partial charge is 0.355 e. The number of unbranched alkanes of at least 4 members (excludes halogenated alkanes) is 1. The van der Waals surface area contributed by atoms with Gasteiger partial charge in [-0.2, -0.15) is 4.72 Å². The molecule has 0 bridgehead atoms. The standard InChI is InChI=1S/C22H30N2O3S/c1-5-6-12-23-22(25)20(15-19-10-8-7-9-11-19)24-28(26,27)21-17(3)13-16(2)14-18(21)4/h7-11,13-14,20,24H,5-6,12,15H2,1-4H3,(H,23,25)/t20-/m1/s1. The Morgan fingerprint density at radius 2 is 1.64 bits per heavy atom. The average Bonchev–Trinajstić information content (AvgIpc) is 2.60. The zero-order valence-corrected chi connectivity index (χ0v) is 17.9. The Balaban J connectivity index is 2.31. The molecule has 0 fully saturated rings. The van der Waals surface area contributed by atoms with Gasteiger partial charge in [0.05, 0.1) is 4.90 Å². The Kier molecular flexibility index (Phi) is 7.78. The Morgan fingerprint density at radius 1 is 1.04 bits per heavy atom.